The zero-order chi connectivity index (χ0) is 20.2. The molecule has 2 N–H and O–H groups in total. The lowest BCUT2D eigenvalue weighted by atomic mass is 9.94. The van der Waals surface area contributed by atoms with Crippen molar-refractivity contribution in [1.82, 2.24) is 0 Å². The van der Waals surface area contributed by atoms with Crippen molar-refractivity contribution in [2.45, 2.75) is 90.4 Å². The molecule has 0 heterocycles. The van der Waals surface area contributed by atoms with Crippen LogP contribution in [0.5, 0.6) is 0 Å². The second-order valence-electron chi connectivity index (χ2n) is 9.20. The second kappa shape index (κ2) is 8.67. The Balaban J connectivity index is 1.33. The molecule has 2 aliphatic rings. The molecule has 0 atom stereocenters. The van der Waals surface area contributed by atoms with E-state index in [4.69, 9.17) is 0 Å². The quantitative estimate of drug-likeness (QED) is 0.436. The fraction of sp³-hybridized carbons (Fsp3) is 0.667. The smallest absolute Gasteiger partial charge is 0.309 e. The minimum atomic E-state index is -0.608. The maximum Gasteiger partial charge on any atom is 0.309 e. The van der Waals surface area contributed by atoms with E-state index in [9.17, 15) is 19.8 Å². The van der Waals surface area contributed by atoms with Crippen LogP contribution in [0.25, 0.3) is 0 Å². The van der Waals surface area contributed by atoms with E-state index < -0.39 is 11.9 Å². The Morgan fingerprint density at radius 3 is 1.86 bits per heavy atom. The predicted molar refractivity (Wildman–Crippen MR) is 110 cm³/mol. The highest BCUT2D eigenvalue weighted by Gasteiger charge is 2.49. The maximum absolute atomic E-state index is 11.2. The predicted octanol–water partition coefficient (Wildman–Crippen LogP) is 5.54. The van der Waals surface area contributed by atoms with Crippen molar-refractivity contribution in [3.05, 3.63) is 34.9 Å². The number of unbranched alkanes of at least 4 members (excludes halogenated alkanes) is 3. The number of hydrogen-bond donors (Lipinski definition) is 2. The minimum Gasteiger partial charge on any atom is -0.481 e. The largest absolute Gasteiger partial charge is 0.481 e. The van der Waals surface area contributed by atoms with Crippen molar-refractivity contribution < 1.29 is 19.8 Å². The summed E-state index contributed by atoms with van der Waals surface area (Å²) in [5.41, 5.74) is 3.32. The number of carbonyl (C=O) groups is 2. The molecule has 2 saturated carbocycles. The zero-order valence-electron chi connectivity index (χ0n) is 17.1. The SMILES string of the molecule is Cc1cc(CCCCC2(C(=O)O)CC2)ccc1CCCCCC1(C(=O)O)CC1. The van der Waals surface area contributed by atoms with E-state index in [1.807, 2.05) is 0 Å². The normalized spacial score (nSPS) is 18.6. The lowest BCUT2D eigenvalue weighted by Crippen LogP contribution is -2.14. The van der Waals surface area contributed by atoms with Gasteiger partial charge in [0, 0.05) is 0 Å². The summed E-state index contributed by atoms with van der Waals surface area (Å²) in [7, 11) is 0. The third-order valence-electron chi connectivity index (χ3n) is 6.99. The van der Waals surface area contributed by atoms with Crippen LogP contribution in [-0.2, 0) is 22.4 Å². The summed E-state index contributed by atoms with van der Waals surface area (Å²) in [4.78, 5) is 22.4. The molecule has 1 aromatic rings. The first-order valence-electron chi connectivity index (χ1n) is 10.9. The van der Waals surface area contributed by atoms with E-state index in [0.717, 1.165) is 83.5 Å². The average molecular weight is 387 g/mol. The lowest BCUT2D eigenvalue weighted by Gasteiger charge is -2.11. The summed E-state index contributed by atoms with van der Waals surface area (Å²) < 4.78 is 0. The first-order valence-corrected chi connectivity index (χ1v) is 10.9. The van der Waals surface area contributed by atoms with Crippen LogP contribution in [0.1, 0.15) is 87.3 Å². The molecule has 0 spiro atoms. The molecule has 1 aromatic carbocycles. The number of benzene rings is 1. The molecular weight excluding hydrogens is 352 g/mol. The molecule has 154 valence electrons. The molecule has 2 fully saturated rings. The van der Waals surface area contributed by atoms with E-state index >= 15 is 0 Å². The van der Waals surface area contributed by atoms with Gasteiger partial charge < -0.3 is 10.2 Å². The Hall–Kier alpha value is -1.84. The van der Waals surface area contributed by atoms with Gasteiger partial charge >= 0.3 is 11.9 Å². The summed E-state index contributed by atoms with van der Waals surface area (Å²) in [5.74, 6) is -1.21. The van der Waals surface area contributed by atoms with E-state index in [1.165, 1.54) is 16.7 Å². The van der Waals surface area contributed by atoms with Gasteiger partial charge in [0.05, 0.1) is 10.8 Å². The Morgan fingerprint density at radius 2 is 1.36 bits per heavy atom. The van der Waals surface area contributed by atoms with Crippen molar-refractivity contribution in [1.29, 1.82) is 0 Å². The number of rotatable bonds is 13. The summed E-state index contributed by atoms with van der Waals surface area (Å²) in [6, 6.07) is 6.74. The molecule has 4 heteroatoms. The van der Waals surface area contributed by atoms with Crippen LogP contribution >= 0.6 is 0 Å². The summed E-state index contributed by atoms with van der Waals surface area (Å²) in [6.45, 7) is 2.17. The molecule has 0 aromatic heterocycles. The fourth-order valence-electron chi connectivity index (χ4n) is 4.39. The van der Waals surface area contributed by atoms with Crippen LogP contribution in [0.15, 0.2) is 18.2 Å². The fourth-order valence-corrected chi connectivity index (χ4v) is 4.39. The molecule has 0 radical (unpaired) electrons. The van der Waals surface area contributed by atoms with Gasteiger partial charge in [0.2, 0.25) is 0 Å². The van der Waals surface area contributed by atoms with Gasteiger partial charge in [0.1, 0.15) is 0 Å². The van der Waals surface area contributed by atoms with Gasteiger partial charge in [-0.15, -0.1) is 0 Å². The Morgan fingerprint density at radius 1 is 0.821 bits per heavy atom. The van der Waals surface area contributed by atoms with Gasteiger partial charge in [0.15, 0.2) is 0 Å². The van der Waals surface area contributed by atoms with Crippen molar-refractivity contribution in [3.63, 3.8) is 0 Å². The standard InChI is InChI=1S/C24H34O4/c1-18-17-19(7-4-6-12-24(15-16-24)22(27)28)9-10-20(18)8-3-2-5-11-23(13-14-23)21(25)26/h9-10,17H,2-8,11-16H2,1H3,(H,25,26)(H,27,28). The highest BCUT2D eigenvalue weighted by Crippen LogP contribution is 2.50. The molecule has 2 aliphatic carbocycles. The van der Waals surface area contributed by atoms with Gasteiger partial charge in [-0.3, -0.25) is 9.59 Å². The summed E-state index contributed by atoms with van der Waals surface area (Å²) in [6.07, 6.45) is 12.5. The van der Waals surface area contributed by atoms with Gasteiger partial charge in [-0.05, 0) is 87.8 Å². The van der Waals surface area contributed by atoms with Crippen LogP contribution in [-0.4, -0.2) is 22.2 Å². The zero-order valence-corrected chi connectivity index (χ0v) is 17.1. The number of hydrogen-bond acceptors (Lipinski definition) is 2. The van der Waals surface area contributed by atoms with Crippen LogP contribution in [0.3, 0.4) is 0 Å². The summed E-state index contributed by atoms with van der Waals surface area (Å²) in [5, 5.41) is 18.5. The molecule has 3 rings (SSSR count). The van der Waals surface area contributed by atoms with Gasteiger partial charge in [-0.1, -0.05) is 37.5 Å². The monoisotopic (exact) mass is 386 g/mol. The molecule has 0 saturated heterocycles. The number of carboxylic acid groups (broad SMARTS) is 2. The van der Waals surface area contributed by atoms with Crippen LogP contribution in [0.4, 0.5) is 0 Å². The van der Waals surface area contributed by atoms with E-state index in [2.05, 4.69) is 25.1 Å². The molecule has 0 amide bonds. The Labute approximate surface area is 168 Å². The molecule has 0 unspecified atom stereocenters. The topological polar surface area (TPSA) is 74.6 Å². The maximum atomic E-state index is 11.2. The second-order valence-corrected chi connectivity index (χ2v) is 9.20. The molecule has 28 heavy (non-hydrogen) atoms. The minimum absolute atomic E-state index is 0.374. The number of aryl methyl sites for hydroxylation is 3. The highest BCUT2D eigenvalue weighted by molar-refractivity contribution is 5.78. The van der Waals surface area contributed by atoms with E-state index in [1.54, 1.807) is 0 Å². The lowest BCUT2D eigenvalue weighted by molar-refractivity contribution is -0.144. The molecule has 0 aliphatic heterocycles. The van der Waals surface area contributed by atoms with Crippen molar-refractivity contribution in [2.75, 3.05) is 0 Å². The third-order valence-corrected chi connectivity index (χ3v) is 6.99. The Kier molecular flexibility index (Phi) is 6.47. The average Bonchev–Trinajstić information content (AvgIpc) is 3.55. The summed E-state index contributed by atoms with van der Waals surface area (Å²) >= 11 is 0. The molecule has 0 bridgehead atoms. The van der Waals surface area contributed by atoms with Gasteiger partial charge in [-0.2, -0.15) is 0 Å². The van der Waals surface area contributed by atoms with Crippen LogP contribution < -0.4 is 0 Å². The highest BCUT2D eigenvalue weighted by atomic mass is 16.4. The third kappa shape index (κ3) is 5.15. The van der Waals surface area contributed by atoms with E-state index in [0.29, 0.717) is 0 Å². The molecule has 4 nitrogen and oxygen atoms in total. The van der Waals surface area contributed by atoms with Gasteiger partial charge in [-0.25, -0.2) is 0 Å². The first kappa shape index (κ1) is 20.9. The van der Waals surface area contributed by atoms with Crippen LogP contribution in [0, 0.1) is 17.8 Å². The van der Waals surface area contributed by atoms with Crippen molar-refractivity contribution in [2.24, 2.45) is 10.8 Å². The number of carboxylic acids is 2. The van der Waals surface area contributed by atoms with Crippen LogP contribution in [0.2, 0.25) is 0 Å². The Bertz CT molecular complexity index is 713. The first-order chi connectivity index (χ1) is 13.4. The van der Waals surface area contributed by atoms with Crippen molar-refractivity contribution >= 4 is 11.9 Å². The van der Waals surface area contributed by atoms with Gasteiger partial charge in [0.25, 0.3) is 0 Å². The van der Waals surface area contributed by atoms with Crippen molar-refractivity contribution in [3.8, 4) is 0 Å². The molecular formula is C24H34O4. The van der Waals surface area contributed by atoms with E-state index in [-0.39, 0.29) is 10.8 Å². The number of aliphatic carboxylic acids is 2.